The second-order valence-corrected chi connectivity index (χ2v) is 11.7. The maximum absolute atomic E-state index is 6.76. The van der Waals surface area contributed by atoms with Crippen LogP contribution in [0.15, 0.2) is 72.9 Å². The van der Waals surface area contributed by atoms with Crippen molar-refractivity contribution in [2.24, 2.45) is 5.73 Å². The molecule has 0 atom stereocenters. The molecular weight excluding hydrogens is 474 g/mol. The Morgan fingerprint density at radius 2 is 1.58 bits per heavy atom. The van der Waals surface area contributed by atoms with E-state index in [9.17, 15) is 0 Å². The summed E-state index contributed by atoms with van der Waals surface area (Å²) in [5, 5.41) is 10.1. The molecule has 7 nitrogen and oxygen atoms in total. The summed E-state index contributed by atoms with van der Waals surface area (Å²) in [5.74, 6) is 0.436. The third-order valence-electron chi connectivity index (χ3n) is 7.84. The van der Waals surface area contributed by atoms with Gasteiger partial charge in [0.05, 0.1) is 30.0 Å². The molecule has 38 heavy (non-hydrogen) atoms. The van der Waals surface area contributed by atoms with Crippen LogP contribution in [0.4, 0.5) is 0 Å². The fourth-order valence-electron chi connectivity index (χ4n) is 5.94. The highest BCUT2D eigenvalue weighted by molar-refractivity contribution is 5.98. The standard InChI is InChI=1S/C31H31N5O2/c1-29(2,3)28-35-34-27-24-17-23(20-7-5-4-6-8-20)26(33-25(24)13-14-36(27)28)21-9-11-22(12-10-21)30(32)18-31(19-30)37-15-16-38-31/h4-14,17H,15-16,18-19,32H2,1-3H3. The number of hydrogen-bond donors (Lipinski definition) is 1. The summed E-state index contributed by atoms with van der Waals surface area (Å²) in [4.78, 5) is 5.17. The van der Waals surface area contributed by atoms with Crippen LogP contribution in [0.5, 0.6) is 0 Å². The monoisotopic (exact) mass is 505 g/mol. The van der Waals surface area contributed by atoms with Crippen molar-refractivity contribution in [1.29, 1.82) is 0 Å². The molecule has 1 aliphatic heterocycles. The van der Waals surface area contributed by atoms with Crippen molar-refractivity contribution < 1.29 is 9.47 Å². The van der Waals surface area contributed by atoms with E-state index in [-0.39, 0.29) is 5.41 Å². The summed E-state index contributed by atoms with van der Waals surface area (Å²) >= 11 is 0. The lowest BCUT2D eigenvalue weighted by atomic mass is 9.68. The Balaban J connectivity index is 1.34. The molecule has 1 saturated heterocycles. The molecule has 3 aromatic heterocycles. The highest BCUT2D eigenvalue weighted by atomic mass is 16.7. The number of rotatable bonds is 3. The highest BCUT2D eigenvalue weighted by Gasteiger charge is 2.57. The van der Waals surface area contributed by atoms with Gasteiger partial charge in [-0.15, -0.1) is 10.2 Å². The maximum atomic E-state index is 6.76. The summed E-state index contributed by atoms with van der Waals surface area (Å²) < 4.78 is 13.7. The smallest absolute Gasteiger partial charge is 0.172 e. The molecule has 4 heterocycles. The zero-order chi connectivity index (χ0) is 26.1. The molecule has 2 aromatic carbocycles. The molecular formula is C31H31N5O2. The van der Waals surface area contributed by atoms with Gasteiger partial charge in [0.15, 0.2) is 11.4 Å². The van der Waals surface area contributed by atoms with Crippen molar-refractivity contribution in [3.63, 3.8) is 0 Å². The van der Waals surface area contributed by atoms with E-state index in [0.29, 0.717) is 26.1 Å². The van der Waals surface area contributed by atoms with Gasteiger partial charge in [0.25, 0.3) is 0 Å². The Morgan fingerprint density at radius 3 is 2.26 bits per heavy atom. The predicted octanol–water partition coefficient (Wildman–Crippen LogP) is 5.60. The molecule has 5 aromatic rings. The summed E-state index contributed by atoms with van der Waals surface area (Å²) in [6.07, 6.45) is 3.37. The molecule has 0 bridgehead atoms. The van der Waals surface area contributed by atoms with E-state index in [2.05, 4.69) is 96.0 Å². The Hall–Kier alpha value is -3.65. The molecule has 2 fully saturated rings. The molecule has 1 spiro atoms. The van der Waals surface area contributed by atoms with Gasteiger partial charge >= 0.3 is 0 Å². The fourth-order valence-corrected chi connectivity index (χ4v) is 5.94. The number of benzene rings is 2. The number of nitrogens with two attached hydrogens (primary N) is 1. The molecule has 2 aliphatic rings. The minimum Gasteiger partial charge on any atom is -0.347 e. The van der Waals surface area contributed by atoms with Gasteiger partial charge in [-0.2, -0.15) is 0 Å². The van der Waals surface area contributed by atoms with Crippen LogP contribution in [0, 0.1) is 0 Å². The van der Waals surface area contributed by atoms with Crippen LogP contribution in [-0.4, -0.2) is 38.6 Å². The maximum Gasteiger partial charge on any atom is 0.172 e. The lowest BCUT2D eigenvalue weighted by molar-refractivity contribution is -0.239. The normalized spacial score (nSPS) is 18.3. The van der Waals surface area contributed by atoms with Gasteiger partial charge in [0.2, 0.25) is 0 Å². The van der Waals surface area contributed by atoms with E-state index in [1.165, 1.54) is 0 Å². The van der Waals surface area contributed by atoms with Crippen LogP contribution in [0.2, 0.25) is 0 Å². The number of nitrogens with zero attached hydrogens (tertiary/aromatic N) is 4. The summed E-state index contributed by atoms with van der Waals surface area (Å²) in [5.41, 5.74) is 13.1. The highest BCUT2D eigenvalue weighted by Crippen LogP contribution is 2.51. The number of ether oxygens (including phenoxy) is 2. The van der Waals surface area contributed by atoms with Gasteiger partial charge in [0.1, 0.15) is 5.82 Å². The SMILES string of the molecule is CC(C)(C)c1nnc2c3cc(-c4ccccc4)c(-c4ccc(C5(N)CC6(C5)OCCO6)cc4)nc3ccn12. The average molecular weight is 506 g/mol. The number of aromatic nitrogens is 4. The number of hydrogen-bond acceptors (Lipinski definition) is 6. The largest absolute Gasteiger partial charge is 0.347 e. The molecule has 7 heteroatoms. The Labute approximate surface area is 221 Å². The van der Waals surface area contributed by atoms with E-state index in [1.54, 1.807) is 0 Å². The molecule has 192 valence electrons. The number of fused-ring (bicyclic) bond motifs is 3. The van der Waals surface area contributed by atoms with Gasteiger partial charge in [-0.05, 0) is 23.3 Å². The fraction of sp³-hybridized carbons (Fsp3) is 0.323. The molecule has 0 unspecified atom stereocenters. The lowest BCUT2D eigenvalue weighted by Crippen LogP contribution is -2.60. The average Bonchev–Trinajstić information content (AvgIpc) is 3.56. The van der Waals surface area contributed by atoms with Crippen LogP contribution >= 0.6 is 0 Å². The van der Waals surface area contributed by atoms with E-state index < -0.39 is 11.3 Å². The Morgan fingerprint density at radius 1 is 0.868 bits per heavy atom. The van der Waals surface area contributed by atoms with Gasteiger partial charge in [-0.1, -0.05) is 75.4 Å². The van der Waals surface area contributed by atoms with E-state index in [0.717, 1.165) is 50.3 Å². The quantitative estimate of drug-likeness (QED) is 0.343. The Kier molecular flexibility index (Phi) is 5.05. The molecule has 1 aliphatic carbocycles. The minimum atomic E-state index is -0.492. The van der Waals surface area contributed by atoms with Gasteiger partial charge < -0.3 is 15.2 Å². The molecule has 7 rings (SSSR count). The van der Waals surface area contributed by atoms with Gasteiger partial charge in [-0.25, -0.2) is 4.98 Å². The second-order valence-electron chi connectivity index (χ2n) is 11.7. The van der Waals surface area contributed by atoms with Crippen molar-refractivity contribution in [2.75, 3.05) is 13.2 Å². The predicted molar refractivity (Wildman–Crippen MR) is 148 cm³/mol. The Bertz CT molecular complexity index is 1650. The molecule has 0 amide bonds. The zero-order valence-corrected chi connectivity index (χ0v) is 21.9. The van der Waals surface area contributed by atoms with Crippen LogP contribution in [0.25, 0.3) is 38.9 Å². The summed E-state index contributed by atoms with van der Waals surface area (Å²) in [6, 6.07) is 23.1. The van der Waals surface area contributed by atoms with Crippen molar-refractivity contribution >= 4 is 16.6 Å². The third-order valence-corrected chi connectivity index (χ3v) is 7.84. The minimum absolute atomic E-state index is 0.124. The topological polar surface area (TPSA) is 87.6 Å². The van der Waals surface area contributed by atoms with Crippen LogP contribution in [0.1, 0.15) is 45.0 Å². The van der Waals surface area contributed by atoms with Crippen LogP contribution in [-0.2, 0) is 20.4 Å². The van der Waals surface area contributed by atoms with Crippen molar-refractivity contribution in [3.05, 3.63) is 84.3 Å². The van der Waals surface area contributed by atoms with Crippen molar-refractivity contribution in [3.8, 4) is 22.4 Å². The van der Waals surface area contributed by atoms with Crippen LogP contribution < -0.4 is 5.73 Å². The first-order valence-corrected chi connectivity index (χ1v) is 13.2. The van der Waals surface area contributed by atoms with E-state index in [1.807, 2.05) is 12.3 Å². The van der Waals surface area contributed by atoms with Crippen LogP contribution in [0.3, 0.4) is 0 Å². The first kappa shape index (κ1) is 23.5. The van der Waals surface area contributed by atoms with Crippen molar-refractivity contribution in [1.82, 2.24) is 19.6 Å². The van der Waals surface area contributed by atoms with E-state index in [4.69, 9.17) is 20.2 Å². The first-order valence-electron chi connectivity index (χ1n) is 13.2. The van der Waals surface area contributed by atoms with Crippen molar-refractivity contribution in [2.45, 2.75) is 50.4 Å². The van der Waals surface area contributed by atoms with Gasteiger partial charge in [0, 0.05) is 41.0 Å². The second kappa shape index (κ2) is 8.17. The lowest BCUT2D eigenvalue weighted by Gasteiger charge is -2.50. The molecule has 2 N–H and O–H groups in total. The molecule has 1 saturated carbocycles. The van der Waals surface area contributed by atoms with Gasteiger partial charge in [-0.3, -0.25) is 4.40 Å². The first-order chi connectivity index (χ1) is 18.2. The molecule has 0 radical (unpaired) electrons. The number of pyridine rings is 2. The summed E-state index contributed by atoms with van der Waals surface area (Å²) in [6.45, 7) is 7.73. The zero-order valence-electron chi connectivity index (χ0n) is 21.9. The third kappa shape index (κ3) is 3.65. The summed E-state index contributed by atoms with van der Waals surface area (Å²) in [7, 11) is 0. The van der Waals surface area contributed by atoms with E-state index >= 15 is 0 Å².